The summed E-state index contributed by atoms with van der Waals surface area (Å²) in [6, 6.07) is 9.09. The van der Waals surface area contributed by atoms with Gasteiger partial charge in [0, 0.05) is 37.4 Å². The van der Waals surface area contributed by atoms with Crippen LogP contribution in [-0.2, 0) is 16.0 Å². The molecule has 1 N–H and O–H groups in total. The molecule has 0 unspecified atom stereocenters. The van der Waals surface area contributed by atoms with Crippen molar-refractivity contribution in [1.82, 2.24) is 4.98 Å². The molecule has 1 aromatic carbocycles. The van der Waals surface area contributed by atoms with Crippen LogP contribution in [0.2, 0.25) is 0 Å². The molecule has 6 heteroatoms. The van der Waals surface area contributed by atoms with Crippen molar-refractivity contribution in [3.8, 4) is 0 Å². The zero-order valence-corrected chi connectivity index (χ0v) is 12.8. The number of pyridine rings is 1. The number of hydrogen-bond acceptors (Lipinski definition) is 4. The Kier molecular flexibility index (Phi) is 4.34. The molecule has 0 spiro atoms. The van der Waals surface area contributed by atoms with Gasteiger partial charge in [-0.2, -0.15) is 0 Å². The van der Waals surface area contributed by atoms with Crippen molar-refractivity contribution in [3.05, 3.63) is 53.9 Å². The van der Waals surface area contributed by atoms with Crippen LogP contribution in [0.25, 0.3) is 0 Å². The third-order valence-corrected chi connectivity index (χ3v) is 3.69. The molecule has 0 saturated heterocycles. The second-order valence-electron chi connectivity index (χ2n) is 5.27. The summed E-state index contributed by atoms with van der Waals surface area (Å²) in [5, 5.41) is 2.76. The molecule has 1 aromatic heterocycles. The number of nitrogens with one attached hydrogen (secondary N) is 1. The summed E-state index contributed by atoms with van der Waals surface area (Å²) in [5.41, 5.74) is 3.12. The third-order valence-electron chi connectivity index (χ3n) is 3.69. The van der Waals surface area contributed by atoms with E-state index < -0.39 is 0 Å². The molecule has 0 atom stereocenters. The van der Waals surface area contributed by atoms with E-state index in [0.29, 0.717) is 17.8 Å². The Morgan fingerprint density at radius 3 is 2.96 bits per heavy atom. The largest absolute Gasteiger partial charge is 0.375 e. The molecular formula is C17H17N3O3. The monoisotopic (exact) mass is 311 g/mol. The van der Waals surface area contributed by atoms with E-state index >= 15 is 0 Å². The number of nitrogens with zero attached hydrogens (tertiary/aromatic N) is 2. The fourth-order valence-corrected chi connectivity index (χ4v) is 2.64. The van der Waals surface area contributed by atoms with Crippen LogP contribution in [-0.4, -0.2) is 37.1 Å². The van der Waals surface area contributed by atoms with Gasteiger partial charge in [0.05, 0.1) is 5.56 Å². The van der Waals surface area contributed by atoms with E-state index in [1.807, 2.05) is 18.2 Å². The first-order valence-electron chi connectivity index (χ1n) is 7.32. The number of amides is 2. The van der Waals surface area contributed by atoms with Crippen LogP contribution < -0.4 is 10.2 Å². The zero-order chi connectivity index (χ0) is 16.2. The maximum atomic E-state index is 12.6. The van der Waals surface area contributed by atoms with E-state index in [0.717, 1.165) is 17.7 Å². The Balaban J connectivity index is 1.84. The minimum atomic E-state index is -0.226. The SMILES string of the molecule is COCC(=O)Nc1ccc2c(c1)N(C(=O)c1cccnc1)CC2. The smallest absolute Gasteiger partial charge is 0.259 e. The zero-order valence-electron chi connectivity index (χ0n) is 12.8. The molecular weight excluding hydrogens is 294 g/mol. The molecule has 2 aromatic rings. The van der Waals surface area contributed by atoms with Gasteiger partial charge in [0.2, 0.25) is 5.91 Å². The summed E-state index contributed by atoms with van der Waals surface area (Å²) in [7, 11) is 1.47. The molecule has 3 rings (SSSR count). The highest BCUT2D eigenvalue weighted by Crippen LogP contribution is 2.31. The predicted octanol–water partition coefficient (Wildman–Crippen LogP) is 1.87. The lowest BCUT2D eigenvalue weighted by atomic mass is 10.1. The summed E-state index contributed by atoms with van der Waals surface area (Å²) < 4.78 is 4.80. The average molecular weight is 311 g/mol. The summed E-state index contributed by atoms with van der Waals surface area (Å²) in [6.07, 6.45) is 4.00. The van der Waals surface area contributed by atoms with Crippen molar-refractivity contribution in [2.45, 2.75) is 6.42 Å². The van der Waals surface area contributed by atoms with Gasteiger partial charge in [-0.05, 0) is 36.2 Å². The lowest BCUT2D eigenvalue weighted by Gasteiger charge is -2.18. The molecule has 0 radical (unpaired) electrons. The van der Waals surface area contributed by atoms with Gasteiger partial charge in [-0.25, -0.2) is 0 Å². The van der Waals surface area contributed by atoms with Crippen molar-refractivity contribution in [2.24, 2.45) is 0 Å². The molecule has 1 aliphatic rings. The summed E-state index contributed by atoms with van der Waals surface area (Å²) in [5.74, 6) is -0.312. The van der Waals surface area contributed by atoms with E-state index in [1.165, 1.54) is 7.11 Å². The van der Waals surface area contributed by atoms with Crippen LogP contribution in [0.15, 0.2) is 42.7 Å². The second kappa shape index (κ2) is 6.58. The summed E-state index contributed by atoms with van der Waals surface area (Å²) >= 11 is 0. The number of carbonyl (C=O) groups is 2. The van der Waals surface area contributed by atoms with Crippen molar-refractivity contribution >= 4 is 23.2 Å². The Morgan fingerprint density at radius 1 is 1.35 bits per heavy atom. The number of methoxy groups -OCH3 is 1. The standard InChI is InChI=1S/C17H17N3O3/c1-23-11-16(21)19-14-5-4-12-6-8-20(15(12)9-14)17(22)13-3-2-7-18-10-13/h2-5,7,9-10H,6,8,11H2,1H3,(H,19,21). The molecule has 0 saturated carbocycles. The number of fused-ring (bicyclic) bond motifs is 1. The van der Waals surface area contributed by atoms with Crippen LogP contribution in [0.4, 0.5) is 11.4 Å². The van der Waals surface area contributed by atoms with Crippen molar-refractivity contribution in [2.75, 3.05) is 30.5 Å². The first kappa shape index (κ1) is 15.2. The molecule has 118 valence electrons. The van der Waals surface area contributed by atoms with Crippen LogP contribution >= 0.6 is 0 Å². The molecule has 0 aliphatic carbocycles. The maximum Gasteiger partial charge on any atom is 0.259 e. The Bertz CT molecular complexity index is 731. The highest BCUT2D eigenvalue weighted by Gasteiger charge is 2.26. The van der Waals surface area contributed by atoms with Gasteiger partial charge in [0.25, 0.3) is 5.91 Å². The van der Waals surface area contributed by atoms with Crippen molar-refractivity contribution in [1.29, 1.82) is 0 Å². The van der Waals surface area contributed by atoms with Gasteiger partial charge in [-0.15, -0.1) is 0 Å². The van der Waals surface area contributed by atoms with E-state index in [2.05, 4.69) is 10.3 Å². The second-order valence-corrected chi connectivity index (χ2v) is 5.27. The fourth-order valence-electron chi connectivity index (χ4n) is 2.64. The molecule has 2 amide bonds. The molecule has 6 nitrogen and oxygen atoms in total. The topological polar surface area (TPSA) is 71.5 Å². The Hall–Kier alpha value is -2.73. The third kappa shape index (κ3) is 3.22. The van der Waals surface area contributed by atoms with Crippen molar-refractivity contribution in [3.63, 3.8) is 0 Å². The number of aromatic nitrogens is 1. The first-order chi connectivity index (χ1) is 11.2. The van der Waals surface area contributed by atoms with Crippen LogP contribution in [0.1, 0.15) is 15.9 Å². The highest BCUT2D eigenvalue weighted by molar-refractivity contribution is 6.07. The van der Waals surface area contributed by atoms with Gasteiger partial charge in [-0.1, -0.05) is 6.07 Å². The molecule has 0 bridgehead atoms. The summed E-state index contributed by atoms with van der Waals surface area (Å²) in [4.78, 5) is 30.0. The molecule has 23 heavy (non-hydrogen) atoms. The maximum absolute atomic E-state index is 12.6. The molecule has 2 heterocycles. The lowest BCUT2D eigenvalue weighted by Crippen LogP contribution is -2.29. The van der Waals surface area contributed by atoms with Gasteiger partial charge in [0.15, 0.2) is 0 Å². The number of carbonyl (C=O) groups excluding carboxylic acids is 2. The van der Waals surface area contributed by atoms with Crippen LogP contribution in [0.3, 0.4) is 0 Å². The molecule has 0 fully saturated rings. The summed E-state index contributed by atoms with van der Waals surface area (Å²) in [6.45, 7) is 0.619. The normalized spacial score (nSPS) is 12.8. The molecule has 1 aliphatic heterocycles. The van der Waals surface area contributed by atoms with Crippen LogP contribution in [0, 0.1) is 0 Å². The predicted molar refractivity (Wildman–Crippen MR) is 86.6 cm³/mol. The Morgan fingerprint density at radius 2 is 2.22 bits per heavy atom. The van der Waals surface area contributed by atoms with E-state index in [1.54, 1.807) is 29.4 Å². The fraction of sp³-hybridized carbons (Fsp3) is 0.235. The minimum Gasteiger partial charge on any atom is -0.375 e. The number of benzene rings is 1. The number of anilines is 2. The van der Waals surface area contributed by atoms with Gasteiger partial charge >= 0.3 is 0 Å². The number of rotatable bonds is 4. The minimum absolute atomic E-state index is 0.00455. The number of hydrogen-bond donors (Lipinski definition) is 1. The number of ether oxygens (including phenoxy) is 1. The van der Waals surface area contributed by atoms with Gasteiger partial charge < -0.3 is 15.0 Å². The van der Waals surface area contributed by atoms with Crippen molar-refractivity contribution < 1.29 is 14.3 Å². The van der Waals surface area contributed by atoms with Crippen LogP contribution in [0.5, 0.6) is 0 Å². The quantitative estimate of drug-likeness (QED) is 0.935. The van der Waals surface area contributed by atoms with E-state index in [9.17, 15) is 9.59 Å². The lowest BCUT2D eigenvalue weighted by molar-refractivity contribution is -0.119. The highest BCUT2D eigenvalue weighted by atomic mass is 16.5. The first-order valence-corrected chi connectivity index (χ1v) is 7.32. The Labute approximate surface area is 134 Å². The average Bonchev–Trinajstić information content (AvgIpc) is 2.98. The van der Waals surface area contributed by atoms with E-state index in [-0.39, 0.29) is 18.4 Å². The van der Waals surface area contributed by atoms with E-state index in [4.69, 9.17) is 4.74 Å². The van der Waals surface area contributed by atoms with Gasteiger partial charge in [-0.3, -0.25) is 14.6 Å². The van der Waals surface area contributed by atoms with Gasteiger partial charge in [0.1, 0.15) is 6.61 Å².